The third kappa shape index (κ3) is 3.89. The zero-order valence-corrected chi connectivity index (χ0v) is 11.7. The van der Waals surface area contributed by atoms with E-state index in [1.165, 1.54) is 4.90 Å². The highest BCUT2D eigenvalue weighted by Crippen LogP contribution is 2.29. The van der Waals surface area contributed by atoms with Gasteiger partial charge in [-0.1, -0.05) is 12.8 Å². The number of hydrogen-bond donors (Lipinski definition) is 2. The number of amides is 2. The van der Waals surface area contributed by atoms with Crippen LogP contribution in [0.15, 0.2) is 0 Å². The minimum atomic E-state index is -0.989. The first kappa shape index (κ1) is 14.8. The summed E-state index contributed by atoms with van der Waals surface area (Å²) < 4.78 is 0. The van der Waals surface area contributed by atoms with E-state index in [4.69, 9.17) is 5.11 Å². The minimum absolute atomic E-state index is 0.181. The summed E-state index contributed by atoms with van der Waals surface area (Å²) in [5.74, 6) is -0.989. The molecule has 0 aliphatic heterocycles. The van der Waals surface area contributed by atoms with E-state index >= 15 is 0 Å². The quantitative estimate of drug-likeness (QED) is 0.813. The third-order valence-electron chi connectivity index (χ3n) is 3.46. The molecule has 0 aromatic carbocycles. The molecule has 2 N–H and O–H groups in total. The molecule has 0 heterocycles. The van der Waals surface area contributed by atoms with E-state index in [0.717, 1.165) is 25.7 Å². The number of carboxylic acids is 1. The molecule has 0 atom stereocenters. The van der Waals surface area contributed by atoms with Crippen molar-refractivity contribution in [2.45, 2.75) is 64.5 Å². The van der Waals surface area contributed by atoms with Gasteiger partial charge in [0.25, 0.3) is 0 Å². The highest BCUT2D eigenvalue weighted by Gasteiger charge is 2.35. The van der Waals surface area contributed by atoms with Crippen LogP contribution in [0.1, 0.15) is 53.4 Å². The van der Waals surface area contributed by atoms with Crippen LogP contribution in [0.2, 0.25) is 0 Å². The fourth-order valence-corrected chi connectivity index (χ4v) is 2.35. The maximum absolute atomic E-state index is 12.2. The van der Waals surface area contributed by atoms with Gasteiger partial charge >= 0.3 is 12.0 Å². The van der Waals surface area contributed by atoms with Crippen molar-refractivity contribution in [3.63, 3.8) is 0 Å². The molecule has 0 aromatic rings. The first-order chi connectivity index (χ1) is 8.14. The van der Waals surface area contributed by atoms with Crippen LogP contribution in [0.3, 0.4) is 0 Å². The maximum atomic E-state index is 12.2. The van der Waals surface area contributed by atoms with E-state index in [-0.39, 0.29) is 18.1 Å². The number of hydrogen-bond acceptors (Lipinski definition) is 2. The second kappa shape index (κ2) is 5.16. The standard InChI is InChI=1S/C13H24N2O3/c1-12(2,3)15(9-10(16)17)11(18)14-13(4)7-5-6-8-13/h5-9H2,1-4H3,(H,14,18)(H,16,17). The smallest absolute Gasteiger partial charge is 0.323 e. The van der Waals surface area contributed by atoms with Crippen molar-refractivity contribution in [2.75, 3.05) is 6.54 Å². The summed E-state index contributed by atoms with van der Waals surface area (Å²) in [6.07, 6.45) is 4.16. The molecule has 0 bridgehead atoms. The van der Waals surface area contributed by atoms with E-state index in [0.29, 0.717) is 0 Å². The number of nitrogens with zero attached hydrogens (tertiary/aromatic N) is 1. The van der Waals surface area contributed by atoms with Crippen LogP contribution in [0, 0.1) is 0 Å². The SMILES string of the molecule is CC1(NC(=O)N(CC(=O)O)C(C)(C)C)CCCC1. The molecule has 1 aliphatic rings. The first-order valence-corrected chi connectivity index (χ1v) is 6.46. The van der Waals surface area contributed by atoms with E-state index in [1.807, 2.05) is 27.7 Å². The fraction of sp³-hybridized carbons (Fsp3) is 0.846. The zero-order chi connectivity index (χ0) is 14.0. The number of rotatable bonds is 3. The Kier molecular flexibility index (Phi) is 4.24. The molecular weight excluding hydrogens is 232 g/mol. The van der Waals surface area contributed by atoms with Crippen molar-refractivity contribution < 1.29 is 14.7 Å². The molecule has 5 nitrogen and oxygen atoms in total. The van der Waals surface area contributed by atoms with E-state index in [9.17, 15) is 9.59 Å². The van der Waals surface area contributed by atoms with Crippen LogP contribution >= 0.6 is 0 Å². The topological polar surface area (TPSA) is 69.6 Å². The Balaban J connectivity index is 2.73. The summed E-state index contributed by atoms with van der Waals surface area (Å²) in [5.41, 5.74) is -0.684. The average molecular weight is 256 g/mol. The Bertz CT molecular complexity index is 328. The van der Waals surface area contributed by atoms with Crippen molar-refractivity contribution in [2.24, 2.45) is 0 Å². The lowest BCUT2D eigenvalue weighted by molar-refractivity contribution is -0.138. The Morgan fingerprint density at radius 2 is 1.78 bits per heavy atom. The molecule has 0 unspecified atom stereocenters. The molecule has 0 saturated heterocycles. The molecule has 1 saturated carbocycles. The first-order valence-electron chi connectivity index (χ1n) is 6.46. The Morgan fingerprint density at radius 1 is 1.28 bits per heavy atom. The van der Waals surface area contributed by atoms with E-state index in [1.54, 1.807) is 0 Å². The van der Waals surface area contributed by atoms with Crippen molar-refractivity contribution in [3.05, 3.63) is 0 Å². The molecular formula is C13H24N2O3. The third-order valence-corrected chi connectivity index (χ3v) is 3.46. The summed E-state index contributed by atoms with van der Waals surface area (Å²) >= 11 is 0. The fourth-order valence-electron chi connectivity index (χ4n) is 2.35. The van der Waals surface area contributed by atoms with Gasteiger partial charge in [-0.05, 0) is 40.5 Å². The van der Waals surface area contributed by atoms with Gasteiger partial charge in [0.2, 0.25) is 0 Å². The predicted octanol–water partition coefficient (Wildman–Crippen LogP) is 2.21. The van der Waals surface area contributed by atoms with E-state index in [2.05, 4.69) is 5.32 Å². The molecule has 0 spiro atoms. The summed E-state index contributed by atoms with van der Waals surface area (Å²) in [6, 6.07) is -0.283. The largest absolute Gasteiger partial charge is 0.480 e. The number of urea groups is 1. The number of aliphatic carboxylic acids is 1. The molecule has 1 fully saturated rings. The van der Waals surface area contributed by atoms with Gasteiger partial charge in [-0.3, -0.25) is 4.79 Å². The molecule has 1 aliphatic carbocycles. The highest BCUT2D eigenvalue weighted by molar-refractivity contribution is 5.81. The van der Waals surface area contributed by atoms with Crippen LogP contribution in [0.5, 0.6) is 0 Å². The molecule has 18 heavy (non-hydrogen) atoms. The van der Waals surface area contributed by atoms with Crippen molar-refractivity contribution in [1.29, 1.82) is 0 Å². The molecule has 104 valence electrons. The molecule has 0 radical (unpaired) electrons. The summed E-state index contributed by atoms with van der Waals surface area (Å²) in [5, 5.41) is 11.9. The van der Waals surface area contributed by atoms with Crippen LogP contribution < -0.4 is 5.32 Å². The Hall–Kier alpha value is -1.26. The van der Waals surface area contributed by atoms with Crippen LogP contribution in [-0.4, -0.2) is 39.6 Å². The molecule has 0 aromatic heterocycles. The normalized spacial score (nSPS) is 18.4. The van der Waals surface area contributed by atoms with Gasteiger partial charge in [-0.2, -0.15) is 0 Å². The van der Waals surface area contributed by atoms with Crippen molar-refractivity contribution in [3.8, 4) is 0 Å². The van der Waals surface area contributed by atoms with Crippen LogP contribution in [0.25, 0.3) is 0 Å². The Morgan fingerprint density at radius 3 is 2.17 bits per heavy atom. The van der Waals surface area contributed by atoms with Crippen molar-refractivity contribution in [1.82, 2.24) is 10.2 Å². The van der Waals surface area contributed by atoms with Gasteiger partial charge in [-0.15, -0.1) is 0 Å². The molecule has 2 amide bonds. The van der Waals surface area contributed by atoms with Crippen LogP contribution in [0.4, 0.5) is 4.79 Å². The number of carbonyl (C=O) groups is 2. The van der Waals surface area contributed by atoms with Gasteiger partial charge in [0.15, 0.2) is 0 Å². The Labute approximate surface area is 109 Å². The second-order valence-corrected chi connectivity index (χ2v) is 6.35. The number of carbonyl (C=O) groups excluding carboxylic acids is 1. The monoisotopic (exact) mass is 256 g/mol. The molecule has 1 rings (SSSR count). The van der Waals surface area contributed by atoms with Gasteiger partial charge in [0.1, 0.15) is 6.54 Å². The lowest BCUT2D eigenvalue weighted by Gasteiger charge is -2.37. The van der Waals surface area contributed by atoms with Gasteiger partial charge in [-0.25, -0.2) is 4.79 Å². The summed E-state index contributed by atoms with van der Waals surface area (Å²) in [4.78, 5) is 24.5. The van der Waals surface area contributed by atoms with Gasteiger partial charge < -0.3 is 15.3 Å². The zero-order valence-electron chi connectivity index (χ0n) is 11.7. The van der Waals surface area contributed by atoms with Gasteiger partial charge in [0, 0.05) is 11.1 Å². The van der Waals surface area contributed by atoms with E-state index < -0.39 is 11.5 Å². The lowest BCUT2D eigenvalue weighted by atomic mass is 10.0. The summed E-state index contributed by atoms with van der Waals surface area (Å²) in [6.45, 7) is 7.27. The predicted molar refractivity (Wildman–Crippen MR) is 69.5 cm³/mol. The maximum Gasteiger partial charge on any atom is 0.323 e. The highest BCUT2D eigenvalue weighted by atomic mass is 16.4. The van der Waals surface area contributed by atoms with Gasteiger partial charge in [0.05, 0.1) is 0 Å². The van der Waals surface area contributed by atoms with Crippen molar-refractivity contribution >= 4 is 12.0 Å². The van der Waals surface area contributed by atoms with Crippen LogP contribution in [-0.2, 0) is 4.79 Å². The number of carboxylic acid groups (broad SMARTS) is 1. The average Bonchev–Trinajstić information content (AvgIpc) is 2.59. The minimum Gasteiger partial charge on any atom is -0.480 e. The number of nitrogens with one attached hydrogen (secondary N) is 1. The lowest BCUT2D eigenvalue weighted by Crippen LogP contribution is -2.57. The molecule has 5 heteroatoms. The summed E-state index contributed by atoms with van der Waals surface area (Å²) in [7, 11) is 0. The second-order valence-electron chi connectivity index (χ2n) is 6.35.